The third kappa shape index (κ3) is 4.99. The van der Waals surface area contributed by atoms with Crippen molar-refractivity contribution in [2.45, 2.75) is 26.8 Å². The van der Waals surface area contributed by atoms with Gasteiger partial charge in [0.05, 0.1) is 11.6 Å². The number of nitrogens with one attached hydrogen (secondary N) is 2. The van der Waals surface area contributed by atoms with Crippen molar-refractivity contribution >= 4 is 29.1 Å². The summed E-state index contributed by atoms with van der Waals surface area (Å²) < 4.78 is 13.9. The minimum absolute atomic E-state index is 0.0559. The second-order valence-corrected chi connectivity index (χ2v) is 7.42. The van der Waals surface area contributed by atoms with E-state index in [4.69, 9.17) is 0 Å². The summed E-state index contributed by atoms with van der Waals surface area (Å²) in [5.74, 6) is -1.67. The standard InChI is InChI=1S/C22H24FN3O3/c1-14(2)21(28)25-17-9-7-15(8-10-17)12-24-22(29)16-11-20(27)26(13-16)19-6-4-3-5-18(19)23/h3-10,14,16H,11-13H2,1-2H3,(H,24,29)(H,25,28). The molecule has 7 heteroatoms. The Morgan fingerprint density at radius 1 is 1.14 bits per heavy atom. The second kappa shape index (κ2) is 8.86. The molecule has 3 amide bonds. The molecular formula is C22H24FN3O3. The van der Waals surface area contributed by atoms with Crippen LogP contribution in [0.1, 0.15) is 25.8 Å². The van der Waals surface area contributed by atoms with Gasteiger partial charge in [-0.1, -0.05) is 38.1 Å². The Hall–Kier alpha value is -3.22. The van der Waals surface area contributed by atoms with E-state index < -0.39 is 11.7 Å². The maximum absolute atomic E-state index is 13.9. The average Bonchev–Trinajstić information content (AvgIpc) is 3.09. The van der Waals surface area contributed by atoms with Gasteiger partial charge < -0.3 is 15.5 Å². The number of para-hydroxylation sites is 1. The molecule has 2 aromatic carbocycles. The molecule has 0 saturated carbocycles. The highest BCUT2D eigenvalue weighted by Gasteiger charge is 2.35. The molecule has 0 spiro atoms. The van der Waals surface area contributed by atoms with Crippen LogP contribution in [0.25, 0.3) is 0 Å². The van der Waals surface area contributed by atoms with Gasteiger partial charge in [-0.2, -0.15) is 0 Å². The van der Waals surface area contributed by atoms with Gasteiger partial charge in [0.15, 0.2) is 0 Å². The van der Waals surface area contributed by atoms with Gasteiger partial charge in [0, 0.05) is 31.1 Å². The molecule has 152 valence electrons. The molecule has 1 unspecified atom stereocenters. The number of anilines is 2. The van der Waals surface area contributed by atoms with Crippen LogP contribution in [0.15, 0.2) is 48.5 Å². The van der Waals surface area contributed by atoms with Crippen molar-refractivity contribution in [3.63, 3.8) is 0 Å². The first kappa shape index (κ1) is 20.5. The van der Waals surface area contributed by atoms with Gasteiger partial charge in [0.1, 0.15) is 5.82 Å². The van der Waals surface area contributed by atoms with E-state index in [1.807, 2.05) is 26.0 Å². The molecule has 3 rings (SSSR count). The van der Waals surface area contributed by atoms with Gasteiger partial charge in [0.25, 0.3) is 0 Å². The Morgan fingerprint density at radius 3 is 2.48 bits per heavy atom. The second-order valence-electron chi connectivity index (χ2n) is 7.42. The molecule has 0 bridgehead atoms. The maximum atomic E-state index is 13.9. The SMILES string of the molecule is CC(C)C(=O)Nc1ccc(CNC(=O)C2CC(=O)N(c3ccccc3F)C2)cc1. The zero-order valence-electron chi connectivity index (χ0n) is 16.4. The molecule has 1 atom stereocenters. The van der Waals surface area contributed by atoms with E-state index in [2.05, 4.69) is 10.6 Å². The summed E-state index contributed by atoms with van der Waals surface area (Å²) in [4.78, 5) is 37.7. The van der Waals surface area contributed by atoms with Gasteiger partial charge in [-0.05, 0) is 29.8 Å². The Kier molecular flexibility index (Phi) is 6.26. The summed E-state index contributed by atoms with van der Waals surface area (Å²) in [7, 11) is 0. The number of carbonyl (C=O) groups is 3. The summed E-state index contributed by atoms with van der Waals surface area (Å²) in [6.45, 7) is 4.11. The van der Waals surface area contributed by atoms with Crippen LogP contribution in [0.3, 0.4) is 0 Å². The number of nitrogens with zero attached hydrogens (tertiary/aromatic N) is 1. The van der Waals surface area contributed by atoms with Crippen LogP contribution < -0.4 is 15.5 Å². The summed E-state index contributed by atoms with van der Waals surface area (Å²) in [5.41, 5.74) is 1.77. The average molecular weight is 397 g/mol. The minimum Gasteiger partial charge on any atom is -0.352 e. The van der Waals surface area contributed by atoms with Crippen LogP contribution in [0.5, 0.6) is 0 Å². The van der Waals surface area contributed by atoms with Crippen LogP contribution >= 0.6 is 0 Å². The van der Waals surface area contributed by atoms with Crippen molar-refractivity contribution in [2.75, 3.05) is 16.8 Å². The lowest BCUT2D eigenvalue weighted by atomic mass is 10.1. The number of hydrogen-bond donors (Lipinski definition) is 2. The van der Waals surface area contributed by atoms with Gasteiger partial charge >= 0.3 is 0 Å². The van der Waals surface area contributed by atoms with Crippen LogP contribution in [0, 0.1) is 17.7 Å². The predicted octanol–water partition coefficient (Wildman–Crippen LogP) is 3.09. The Labute approximate surface area is 169 Å². The van der Waals surface area contributed by atoms with Crippen LogP contribution in [0.4, 0.5) is 15.8 Å². The number of amides is 3. The Morgan fingerprint density at radius 2 is 1.83 bits per heavy atom. The molecule has 2 aromatic rings. The molecular weight excluding hydrogens is 373 g/mol. The highest BCUT2D eigenvalue weighted by Crippen LogP contribution is 2.27. The number of hydrogen-bond acceptors (Lipinski definition) is 3. The van der Waals surface area contributed by atoms with Gasteiger partial charge in [-0.15, -0.1) is 0 Å². The summed E-state index contributed by atoms with van der Waals surface area (Å²) >= 11 is 0. The summed E-state index contributed by atoms with van der Waals surface area (Å²) in [6, 6.07) is 13.2. The van der Waals surface area contributed by atoms with Crippen molar-refractivity contribution in [1.29, 1.82) is 0 Å². The third-order valence-corrected chi connectivity index (χ3v) is 4.85. The molecule has 1 aliphatic heterocycles. The fourth-order valence-electron chi connectivity index (χ4n) is 3.11. The van der Waals surface area contributed by atoms with Crippen molar-refractivity contribution in [3.05, 3.63) is 59.9 Å². The lowest BCUT2D eigenvalue weighted by molar-refractivity contribution is -0.126. The number of benzene rings is 2. The molecule has 1 heterocycles. The van der Waals surface area contributed by atoms with E-state index in [9.17, 15) is 18.8 Å². The van der Waals surface area contributed by atoms with E-state index in [0.717, 1.165) is 5.56 Å². The molecule has 0 aromatic heterocycles. The molecule has 6 nitrogen and oxygen atoms in total. The van der Waals surface area contributed by atoms with Gasteiger partial charge in [-0.3, -0.25) is 14.4 Å². The van der Waals surface area contributed by atoms with Crippen molar-refractivity contribution in [2.24, 2.45) is 11.8 Å². The molecule has 1 aliphatic rings. The fourth-order valence-corrected chi connectivity index (χ4v) is 3.11. The summed E-state index contributed by atoms with van der Waals surface area (Å²) in [5, 5.41) is 5.64. The fraction of sp³-hybridized carbons (Fsp3) is 0.318. The van der Waals surface area contributed by atoms with Crippen LogP contribution in [-0.4, -0.2) is 24.3 Å². The number of carbonyl (C=O) groups excluding carboxylic acids is 3. The highest BCUT2D eigenvalue weighted by molar-refractivity contribution is 6.00. The van der Waals surface area contributed by atoms with Gasteiger partial charge in [0.2, 0.25) is 17.7 Å². The van der Waals surface area contributed by atoms with Gasteiger partial charge in [-0.25, -0.2) is 4.39 Å². The van der Waals surface area contributed by atoms with Crippen LogP contribution in [0.2, 0.25) is 0 Å². The molecule has 0 radical (unpaired) electrons. The first-order valence-electron chi connectivity index (χ1n) is 9.57. The molecule has 1 saturated heterocycles. The maximum Gasteiger partial charge on any atom is 0.227 e. The summed E-state index contributed by atoms with van der Waals surface area (Å²) in [6.07, 6.45) is 0.0559. The zero-order valence-corrected chi connectivity index (χ0v) is 16.4. The number of halogens is 1. The van der Waals surface area contributed by atoms with E-state index in [-0.39, 0.29) is 42.3 Å². The monoisotopic (exact) mass is 397 g/mol. The Bertz CT molecular complexity index is 912. The van der Waals surface area contributed by atoms with Crippen molar-refractivity contribution < 1.29 is 18.8 Å². The predicted molar refractivity (Wildman–Crippen MR) is 109 cm³/mol. The lowest BCUT2D eigenvalue weighted by Crippen LogP contribution is -2.32. The lowest BCUT2D eigenvalue weighted by Gasteiger charge is -2.17. The van der Waals surface area contributed by atoms with Crippen molar-refractivity contribution in [1.82, 2.24) is 5.32 Å². The first-order chi connectivity index (χ1) is 13.8. The minimum atomic E-state index is -0.522. The largest absolute Gasteiger partial charge is 0.352 e. The van der Waals surface area contributed by atoms with E-state index in [1.54, 1.807) is 24.3 Å². The van der Waals surface area contributed by atoms with E-state index in [0.29, 0.717) is 12.2 Å². The molecule has 0 aliphatic carbocycles. The smallest absolute Gasteiger partial charge is 0.227 e. The first-order valence-corrected chi connectivity index (χ1v) is 9.57. The number of rotatable bonds is 6. The molecule has 29 heavy (non-hydrogen) atoms. The van der Waals surface area contributed by atoms with Crippen LogP contribution in [-0.2, 0) is 20.9 Å². The molecule has 2 N–H and O–H groups in total. The van der Waals surface area contributed by atoms with E-state index >= 15 is 0 Å². The van der Waals surface area contributed by atoms with Crippen molar-refractivity contribution in [3.8, 4) is 0 Å². The molecule has 1 fully saturated rings. The topological polar surface area (TPSA) is 78.5 Å². The Balaban J connectivity index is 1.54. The highest BCUT2D eigenvalue weighted by atomic mass is 19.1. The normalized spacial score (nSPS) is 16.2. The quantitative estimate of drug-likeness (QED) is 0.786. The van der Waals surface area contributed by atoms with E-state index in [1.165, 1.54) is 17.0 Å². The third-order valence-electron chi connectivity index (χ3n) is 4.85. The zero-order chi connectivity index (χ0) is 21.0.